The number of nitrogens with one attached hydrogen (secondary N) is 1. The van der Waals surface area contributed by atoms with Gasteiger partial charge in [-0.15, -0.1) is 0 Å². The molecule has 2 aliphatic rings. The highest BCUT2D eigenvalue weighted by Crippen LogP contribution is 2.23. The van der Waals surface area contributed by atoms with Crippen LogP contribution in [0.3, 0.4) is 0 Å². The lowest BCUT2D eigenvalue weighted by Gasteiger charge is -2.32. The molecule has 0 radical (unpaired) electrons. The Morgan fingerprint density at radius 2 is 1.71 bits per heavy atom. The Morgan fingerprint density at radius 1 is 0.929 bits per heavy atom. The van der Waals surface area contributed by atoms with Gasteiger partial charge in [0.15, 0.2) is 0 Å². The van der Waals surface area contributed by atoms with Crippen molar-refractivity contribution in [2.45, 2.75) is 69.9 Å². The van der Waals surface area contributed by atoms with E-state index >= 15 is 0 Å². The van der Waals surface area contributed by atoms with Gasteiger partial charge in [-0.2, -0.15) is 0 Å². The Morgan fingerprint density at radius 3 is 2.43 bits per heavy atom. The zero-order valence-electron chi connectivity index (χ0n) is 8.74. The van der Waals surface area contributed by atoms with Gasteiger partial charge in [0.1, 0.15) is 12.5 Å². The molecule has 1 aliphatic carbocycles. The van der Waals surface area contributed by atoms with Gasteiger partial charge in [0.25, 0.3) is 0 Å². The first-order valence-corrected chi connectivity index (χ1v) is 5.94. The minimum atomic E-state index is -0.350. The number of aliphatic hydroxyl groups is 1. The molecule has 0 amide bonds. The molecule has 3 nitrogen and oxygen atoms in total. The average molecular weight is 199 g/mol. The lowest BCUT2D eigenvalue weighted by atomic mass is 9.97. The summed E-state index contributed by atoms with van der Waals surface area (Å²) in [5.74, 6) is 0. The number of rotatable bonds is 2. The minimum Gasteiger partial charge on any atom is -0.379 e. The summed E-state index contributed by atoms with van der Waals surface area (Å²) < 4.78 is 5.93. The monoisotopic (exact) mass is 199 g/mol. The Labute approximate surface area is 85.8 Å². The van der Waals surface area contributed by atoms with E-state index in [1.165, 1.54) is 32.1 Å². The Bertz CT molecular complexity index is 169. The fourth-order valence-electron chi connectivity index (χ4n) is 2.42. The minimum absolute atomic E-state index is 0.0989. The van der Waals surface area contributed by atoms with Crippen molar-refractivity contribution in [3.05, 3.63) is 0 Å². The highest BCUT2D eigenvalue weighted by molar-refractivity contribution is 4.71. The molecule has 2 fully saturated rings. The van der Waals surface area contributed by atoms with Crippen LogP contribution in [0.15, 0.2) is 0 Å². The zero-order chi connectivity index (χ0) is 9.80. The predicted molar refractivity (Wildman–Crippen MR) is 54.7 cm³/mol. The van der Waals surface area contributed by atoms with Crippen LogP contribution < -0.4 is 5.32 Å². The number of aliphatic hydroxyl groups excluding tert-OH is 1. The molecule has 2 N–H and O–H groups in total. The molecule has 2 atom stereocenters. The van der Waals surface area contributed by atoms with Crippen molar-refractivity contribution >= 4 is 0 Å². The van der Waals surface area contributed by atoms with Crippen molar-refractivity contribution < 1.29 is 9.84 Å². The van der Waals surface area contributed by atoms with Gasteiger partial charge in [0.05, 0.1) is 6.10 Å². The molecule has 1 saturated heterocycles. The summed E-state index contributed by atoms with van der Waals surface area (Å²) >= 11 is 0. The van der Waals surface area contributed by atoms with Crippen LogP contribution in [0.4, 0.5) is 0 Å². The number of hydrogen-bond donors (Lipinski definition) is 2. The molecule has 2 unspecified atom stereocenters. The number of hydrogen-bond acceptors (Lipinski definition) is 3. The summed E-state index contributed by atoms with van der Waals surface area (Å²) in [4.78, 5) is 0. The normalized spacial score (nSPS) is 35.8. The van der Waals surface area contributed by atoms with Crippen molar-refractivity contribution in [1.82, 2.24) is 5.32 Å². The van der Waals surface area contributed by atoms with Gasteiger partial charge in [-0.3, -0.25) is 5.32 Å². The first kappa shape index (κ1) is 10.4. The quantitative estimate of drug-likeness (QED) is 0.712. The second-order valence-corrected chi connectivity index (χ2v) is 4.50. The Hall–Kier alpha value is -0.120. The van der Waals surface area contributed by atoms with Gasteiger partial charge in [-0.1, -0.05) is 19.3 Å². The zero-order valence-corrected chi connectivity index (χ0v) is 8.74. The first-order valence-electron chi connectivity index (χ1n) is 5.94. The predicted octanol–water partition coefficient (Wildman–Crippen LogP) is 1.75. The van der Waals surface area contributed by atoms with Crippen LogP contribution in [-0.2, 0) is 4.74 Å². The Kier molecular flexibility index (Phi) is 3.79. The van der Waals surface area contributed by atoms with Crippen molar-refractivity contribution in [3.8, 4) is 0 Å². The first-order chi connectivity index (χ1) is 6.84. The summed E-state index contributed by atoms with van der Waals surface area (Å²) in [5.41, 5.74) is 0. The highest BCUT2D eigenvalue weighted by atomic mass is 16.5. The summed E-state index contributed by atoms with van der Waals surface area (Å²) in [6.07, 6.45) is 9.55. The van der Waals surface area contributed by atoms with E-state index in [0.29, 0.717) is 6.10 Å². The summed E-state index contributed by atoms with van der Waals surface area (Å²) in [7, 11) is 0. The van der Waals surface area contributed by atoms with Crippen LogP contribution in [0.25, 0.3) is 0 Å². The molecule has 14 heavy (non-hydrogen) atoms. The van der Waals surface area contributed by atoms with Gasteiger partial charge in [0, 0.05) is 0 Å². The molecule has 0 aromatic carbocycles. The summed E-state index contributed by atoms with van der Waals surface area (Å²) in [6, 6.07) is 0. The molecule has 1 heterocycles. The Balaban J connectivity index is 1.72. The van der Waals surface area contributed by atoms with Crippen LogP contribution in [0.2, 0.25) is 0 Å². The molecule has 82 valence electrons. The van der Waals surface area contributed by atoms with Crippen LogP contribution in [0, 0.1) is 0 Å². The number of piperidine rings is 1. The maximum absolute atomic E-state index is 9.42. The smallest absolute Gasteiger partial charge is 0.110 e. The number of ether oxygens (including phenoxy) is 1. The summed E-state index contributed by atoms with van der Waals surface area (Å²) in [5, 5.41) is 12.5. The third-order valence-corrected chi connectivity index (χ3v) is 3.23. The van der Waals surface area contributed by atoms with E-state index in [0.717, 1.165) is 19.3 Å². The molecule has 0 aromatic heterocycles. The second kappa shape index (κ2) is 5.10. The van der Waals surface area contributed by atoms with Crippen LogP contribution in [-0.4, -0.2) is 23.7 Å². The van der Waals surface area contributed by atoms with Gasteiger partial charge in [0.2, 0.25) is 0 Å². The lowest BCUT2D eigenvalue weighted by Crippen LogP contribution is -2.45. The fourth-order valence-corrected chi connectivity index (χ4v) is 2.42. The molecule has 1 saturated carbocycles. The van der Waals surface area contributed by atoms with Gasteiger partial charge < -0.3 is 9.84 Å². The van der Waals surface area contributed by atoms with Crippen molar-refractivity contribution in [2.75, 3.05) is 0 Å². The highest BCUT2D eigenvalue weighted by Gasteiger charge is 2.23. The largest absolute Gasteiger partial charge is 0.379 e. The van der Waals surface area contributed by atoms with Crippen molar-refractivity contribution in [3.63, 3.8) is 0 Å². The van der Waals surface area contributed by atoms with E-state index in [1.54, 1.807) is 0 Å². The second-order valence-electron chi connectivity index (χ2n) is 4.50. The van der Waals surface area contributed by atoms with E-state index in [1.807, 2.05) is 0 Å². The van der Waals surface area contributed by atoms with E-state index < -0.39 is 0 Å². The van der Waals surface area contributed by atoms with Crippen molar-refractivity contribution in [2.24, 2.45) is 0 Å². The van der Waals surface area contributed by atoms with E-state index in [-0.39, 0.29) is 12.5 Å². The maximum Gasteiger partial charge on any atom is 0.110 e. The lowest BCUT2D eigenvalue weighted by molar-refractivity contribution is -0.0894. The molecular weight excluding hydrogens is 178 g/mol. The fraction of sp³-hybridized carbons (Fsp3) is 1.00. The molecule has 2 rings (SSSR count). The van der Waals surface area contributed by atoms with E-state index in [9.17, 15) is 5.11 Å². The third kappa shape index (κ3) is 2.94. The maximum atomic E-state index is 9.42. The third-order valence-electron chi connectivity index (χ3n) is 3.23. The van der Waals surface area contributed by atoms with Crippen LogP contribution in [0.1, 0.15) is 51.4 Å². The topological polar surface area (TPSA) is 41.5 Å². The molecular formula is C11H21NO2. The van der Waals surface area contributed by atoms with E-state index in [2.05, 4.69) is 5.32 Å². The molecule has 0 bridgehead atoms. The van der Waals surface area contributed by atoms with Gasteiger partial charge >= 0.3 is 0 Å². The summed E-state index contributed by atoms with van der Waals surface area (Å²) in [6.45, 7) is 0. The standard InChI is InChI=1S/C11H21NO2/c13-10-7-4-8-11(12-10)14-9-5-2-1-3-6-9/h9-13H,1-8H2. The van der Waals surface area contributed by atoms with Crippen molar-refractivity contribution in [1.29, 1.82) is 0 Å². The molecule has 3 heteroatoms. The van der Waals surface area contributed by atoms with Crippen LogP contribution in [0.5, 0.6) is 0 Å². The van der Waals surface area contributed by atoms with Gasteiger partial charge in [-0.05, 0) is 32.1 Å². The SMILES string of the molecule is OC1CCCC(OC2CCCCC2)N1. The van der Waals surface area contributed by atoms with E-state index in [4.69, 9.17) is 4.74 Å². The average Bonchev–Trinajstić information content (AvgIpc) is 2.19. The molecule has 0 spiro atoms. The molecule has 1 aliphatic heterocycles. The molecule has 0 aromatic rings. The van der Waals surface area contributed by atoms with Crippen LogP contribution >= 0.6 is 0 Å². The van der Waals surface area contributed by atoms with Gasteiger partial charge in [-0.25, -0.2) is 0 Å².